The van der Waals surface area contributed by atoms with Crippen molar-refractivity contribution in [2.24, 2.45) is 0 Å². The highest BCUT2D eigenvalue weighted by atomic mass is 32.2. The molecule has 0 unspecified atom stereocenters. The van der Waals surface area contributed by atoms with E-state index in [-0.39, 0.29) is 11.4 Å². The van der Waals surface area contributed by atoms with Crippen molar-refractivity contribution >= 4 is 27.5 Å². The molecule has 0 radical (unpaired) electrons. The summed E-state index contributed by atoms with van der Waals surface area (Å²) in [6, 6.07) is 13.9. The van der Waals surface area contributed by atoms with Gasteiger partial charge in [-0.25, -0.2) is 8.42 Å². The Labute approximate surface area is 177 Å². The fraction of sp³-hybridized carbons (Fsp3) is 0.364. The molecule has 1 aliphatic heterocycles. The van der Waals surface area contributed by atoms with Gasteiger partial charge in [-0.2, -0.15) is 4.31 Å². The van der Waals surface area contributed by atoms with Crippen molar-refractivity contribution in [2.45, 2.75) is 37.5 Å². The molecular formula is C22H27N3O4S. The van der Waals surface area contributed by atoms with E-state index in [0.717, 1.165) is 30.4 Å². The number of hydrogen-bond acceptors (Lipinski definition) is 4. The standard InChI is InChI=1S/C22H27N3O4S/c1-17-6-5-7-19(16-17)24-22(27)21(26)23-13-12-18-8-10-20(11-9-18)30(28,29)25-14-3-2-4-15-25/h5-11,16H,2-4,12-15H2,1H3,(H,23,26)(H,24,27). The molecule has 1 fully saturated rings. The van der Waals surface area contributed by atoms with Gasteiger partial charge in [0, 0.05) is 25.3 Å². The van der Waals surface area contributed by atoms with Gasteiger partial charge < -0.3 is 10.6 Å². The van der Waals surface area contributed by atoms with Gasteiger partial charge in [-0.05, 0) is 61.6 Å². The van der Waals surface area contributed by atoms with Crippen LogP contribution in [-0.4, -0.2) is 44.2 Å². The number of nitrogens with zero attached hydrogens (tertiary/aromatic N) is 1. The number of amides is 2. The van der Waals surface area contributed by atoms with Crippen LogP contribution in [0.5, 0.6) is 0 Å². The predicted octanol–water partition coefficient (Wildman–Crippen LogP) is 2.47. The van der Waals surface area contributed by atoms with Crippen LogP contribution in [0.15, 0.2) is 53.4 Å². The fourth-order valence-electron chi connectivity index (χ4n) is 3.39. The molecule has 160 valence electrons. The molecule has 0 bridgehead atoms. The second kappa shape index (κ2) is 9.86. The zero-order valence-electron chi connectivity index (χ0n) is 17.1. The highest BCUT2D eigenvalue weighted by Gasteiger charge is 2.25. The lowest BCUT2D eigenvalue weighted by Crippen LogP contribution is -2.36. The van der Waals surface area contributed by atoms with E-state index in [4.69, 9.17) is 0 Å². The maximum Gasteiger partial charge on any atom is 0.313 e. The van der Waals surface area contributed by atoms with E-state index >= 15 is 0 Å². The number of carbonyl (C=O) groups is 2. The number of anilines is 1. The summed E-state index contributed by atoms with van der Waals surface area (Å²) in [6.45, 7) is 3.32. The molecule has 1 saturated heterocycles. The summed E-state index contributed by atoms with van der Waals surface area (Å²) in [7, 11) is -3.45. The Morgan fingerprint density at radius 2 is 1.67 bits per heavy atom. The molecule has 3 rings (SSSR count). The van der Waals surface area contributed by atoms with E-state index in [9.17, 15) is 18.0 Å². The quantitative estimate of drug-likeness (QED) is 0.690. The molecule has 7 nitrogen and oxygen atoms in total. The van der Waals surface area contributed by atoms with Crippen LogP contribution < -0.4 is 10.6 Å². The van der Waals surface area contributed by atoms with Crippen LogP contribution in [-0.2, 0) is 26.0 Å². The molecule has 1 heterocycles. The molecule has 0 atom stereocenters. The molecule has 2 aromatic carbocycles. The summed E-state index contributed by atoms with van der Waals surface area (Å²) in [6.07, 6.45) is 3.36. The molecule has 8 heteroatoms. The van der Waals surface area contributed by atoms with Crippen LogP contribution in [0.4, 0.5) is 5.69 Å². The van der Waals surface area contributed by atoms with E-state index in [2.05, 4.69) is 10.6 Å². The first-order valence-electron chi connectivity index (χ1n) is 10.1. The molecule has 2 aromatic rings. The van der Waals surface area contributed by atoms with Crippen LogP contribution in [0.25, 0.3) is 0 Å². The number of aryl methyl sites for hydroxylation is 1. The number of sulfonamides is 1. The van der Waals surface area contributed by atoms with Gasteiger partial charge in [-0.1, -0.05) is 30.7 Å². The van der Waals surface area contributed by atoms with Crippen molar-refractivity contribution in [3.63, 3.8) is 0 Å². The number of nitrogens with one attached hydrogen (secondary N) is 2. The van der Waals surface area contributed by atoms with Gasteiger partial charge in [-0.15, -0.1) is 0 Å². The number of hydrogen-bond donors (Lipinski definition) is 2. The number of piperidine rings is 1. The van der Waals surface area contributed by atoms with Crippen molar-refractivity contribution in [3.05, 3.63) is 59.7 Å². The van der Waals surface area contributed by atoms with Crippen LogP contribution in [0, 0.1) is 6.92 Å². The average Bonchev–Trinajstić information content (AvgIpc) is 2.74. The van der Waals surface area contributed by atoms with Gasteiger partial charge in [0.2, 0.25) is 10.0 Å². The molecule has 0 saturated carbocycles. The minimum atomic E-state index is -3.45. The lowest BCUT2D eigenvalue weighted by atomic mass is 10.1. The average molecular weight is 430 g/mol. The summed E-state index contributed by atoms with van der Waals surface area (Å²) in [5.74, 6) is -1.43. The highest BCUT2D eigenvalue weighted by Crippen LogP contribution is 2.21. The minimum Gasteiger partial charge on any atom is -0.347 e. The number of carbonyl (C=O) groups excluding carboxylic acids is 2. The molecule has 0 spiro atoms. The van der Waals surface area contributed by atoms with Crippen molar-refractivity contribution in [1.29, 1.82) is 0 Å². The summed E-state index contributed by atoms with van der Waals surface area (Å²) in [5, 5.41) is 5.15. The second-order valence-electron chi connectivity index (χ2n) is 7.44. The number of rotatable bonds is 6. The van der Waals surface area contributed by atoms with Crippen molar-refractivity contribution in [3.8, 4) is 0 Å². The third-order valence-corrected chi connectivity index (χ3v) is 6.97. The smallest absolute Gasteiger partial charge is 0.313 e. The van der Waals surface area contributed by atoms with Crippen LogP contribution in [0.1, 0.15) is 30.4 Å². The Kier molecular flexibility index (Phi) is 7.23. The van der Waals surface area contributed by atoms with Gasteiger partial charge >= 0.3 is 11.8 Å². The highest BCUT2D eigenvalue weighted by molar-refractivity contribution is 7.89. The van der Waals surface area contributed by atoms with Crippen molar-refractivity contribution in [2.75, 3.05) is 25.0 Å². The third kappa shape index (κ3) is 5.67. The Morgan fingerprint density at radius 3 is 2.33 bits per heavy atom. The summed E-state index contributed by atoms with van der Waals surface area (Å²) < 4.78 is 26.9. The molecule has 0 aromatic heterocycles. The molecule has 30 heavy (non-hydrogen) atoms. The van der Waals surface area contributed by atoms with E-state index in [1.165, 1.54) is 0 Å². The van der Waals surface area contributed by atoms with Gasteiger partial charge in [0.05, 0.1) is 4.90 Å². The normalized spacial score (nSPS) is 14.8. The van der Waals surface area contributed by atoms with Crippen LogP contribution in [0.3, 0.4) is 0 Å². The largest absolute Gasteiger partial charge is 0.347 e. The van der Waals surface area contributed by atoms with E-state index in [0.29, 0.717) is 25.2 Å². The van der Waals surface area contributed by atoms with Gasteiger partial charge in [-0.3, -0.25) is 9.59 Å². The molecule has 0 aliphatic carbocycles. The zero-order valence-corrected chi connectivity index (χ0v) is 17.9. The fourth-order valence-corrected chi connectivity index (χ4v) is 4.91. The van der Waals surface area contributed by atoms with Gasteiger partial charge in [0.15, 0.2) is 0 Å². The lowest BCUT2D eigenvalue weighted by Gasteiger charge is -2.25. The van der Waals surface area contributed by atoms with E-state index in [1.54, 1.807) is 46.8 Å². The molecule has 2 N–H and O–H groups in total. The molecule has 2 amide bonds. The number of benzene rings is 2. The van der Waals surface area contributed by atoms with Crippen LogP contribution >= 0.6 is 0 Å². The summed E-state index contributed by atoms with van der Waals surface area (Å²) in [5.41, 5.74) is 2.44. The Hall–Kier alpha value is -2.71. The maximum atomic E-state index is 12.7. The Balaban J connectivity index is 1.49. The van der Waals surface area contributed by atoms with Crippen molar-refractivity contribution in [1.82, 2.24) is 9.62 Å². The zero-order chi connectivity index (χ0) is 21.6. The Bertz CT molecular complexity index is 997. The van der Waals surface area contributed by atoms with Crippen molar-refractivity contribution < 1.29 is 18.0 Å². The predicted molar refractivity (Wildman–Crippen MR) is 116 cm³/mol. The van der Waals surface area contributed by atoms with Crippen LogP contribution in [0.2, 0.25) is 0 Å². The van der Waals surface area contributed by atoms with Gasteiger partial charge in [0.25, 0.3) is 0 Å². The lowest BCUT2D eigenvalue weighted by molar-refractivity contribution is -0.136. The first-order chi connectivity index (χ1) is 14.4. The minimum absolute atomic E-state index is 0.276. The summed E-state index contributed by atoms with van der Waals surface area (Å²) in [4.78, 5) is 24.2. The molecular weight excluding hydrogens is 402 g/mol. The van der Waals surface area contributed by atoms with Gasteiger partial charge in [0.1, 0.15) is 0 Å². The Morgan fingerprint density at radius 1 is 0.967 bits per heavy atom. The van der Waals surface area contributed by atoms with E-state index in [1.807, 2.05) is 13.0 Å². The first kappa shape index (κ1) is 22.0. The third-order valence-electron chi connectivity index (χ3n) is 5.06. The first-order valence-corrected chi connectivity index (χ1v) is 11.6. The monoisotopic (exact) mass is 429 g/mol. The topological polar surface area (TPSA) is 95.6 Å². The summed E-state index contributed by atoms with van der Waals surface area (Å²) >= 11 is 0. The SMILES string of the molecule is Cc1cccc(NC(=O)C(=O)NCCc2ccc(S(=O)(=O)N3CCCCC3)cc2)c1. The maximum absolute atomic E-state index is 12.7. The second-order valence-corrected chi connectivity index (χ2v) is 9.38. The molecule has 1 aliphatic rings. The van der Waals surface area contributed by atoms with E-state index < -0.39 is 21.8 Å².